The average Bonchev–Trinajstić information content (AvgIpc) is 2.67. The monoisotopic (exact) mass is 398 g/mol. The van der Waals surface area contributed by atoms with Crippen LogP contribution < -0.4 is 16.4 Å². The van der Waals surface area contributed by atoms with Gasteiger partial charge < -0.3 is 26.6 Å². The number of hydrogen-bond donors (Lipinski definition) is 5. The fraction of sp³-hybridized carbons (Fsp3) is 0.100. The summed E-state index contributed by atoms with van der Waals surface area (Å²) in [6, 6.07) is 11.5. The molecule has 2 aromatic rings. The molecule has 0 aromatic heterocycles. The molecule has 0 heterocycles. The van der Waals surface area contributed by atoms with Crippen molar-refractivity contribution >= 4 is 40.2 Å². The van der Waals surface area contributed by atoms with Crippen LogP contribution in [0.3, 0.4) is 0 Å². The summed E-state index contributed by atoms with van der Waals surface area (Å²) in [7, 11) is 0. The lowest BCUT2D eigenvalue weighted by molar-refractivity contribution is -0.108. The molecule has 0 unspecified atom stereocenters. The molecule has 0 aliphatic heterocycles. The topological polar surface area (TPSA) is 120 Å². The molecule has 6 N–H and O–H groups in total. The number of aromatic hydroxyl groups is 1. The maximum absolute atomic E-state index is 12.5. The van der Waals surface area contributed by atoms with Gasteiger partial charge in [-0.05, 0) is 48.5 Å². The number of nitrogens with one attached hydrogen (secondary N) is 2. The predicted octanol–water partition coefficient (Wildman–Crippen LogP) is 2.74. The van der Waals surface area contributed by atoms with Crippen LogP contribution in [-0.4, -0.2) is 34.9 Å². The maximum atomic E-state index is 12.5. The Morgan fingerprint density at radius 3 is 2.50 bits per heavy atom. The van der Waals surface area contributed by atoms with Gasteiger partial charge in [-0.3, -0.25) is 4.79 Å². The Labute approximate surface area is 166 Å². The number of aliphatic hydroxyl groups is 1. The first-order valence-electron chi connectivity index (χ1n) is 8.49. The van der Waals surface area contributed by atoms with Crippen molar-refractivity contribution in [1.82, 2.24) is 5.32 Å². The minimum atomic E-state index is -0.272. The number of rotatable bonds is 6. The van der Waals surface area contributed by atoms with Gasteiger partial charge in [0, 0.05) is 24.0 Å². The molecule has 0 atom stereocenters. The van der Waals surface area contributed by atoms with Crippen LogP contribution >= 0.6 is 11.6 Å². The highest BCUT2D eigenvalue weighted by Crippen LogP contribution is 2.28. The lowest BCUT2D eigenvalue weighted by atomic mass is 10.0. The number of carbonyl (C=O) groups excluding carboxylic acids is 1. The van der Waals surface area contributed by atoms with E-state index in [1.165, 1.54) is 12.1 Å². The first-order valence-corrected chi connectivity index (χ1v) is 8.86. The second-order valence-corrected chi connectivity index (χ2v) is 6.42. The van der Waals surface area contributed by atoms with Crippen LogP contribution in [0, 0.1) is 0 Å². The number of aliphatic imine (C=N–C) groups is 1. The summed E-state index contributed by atoms with van der Waals surface area (Å²) >= 11 is 5.96. The Bertz CT molecular complexity index is 981. The molecule has 144 valence electrons. The van der Waals surface area contributed by atoms with Gasteiger partial charge in [-0.1, -0.05) is 11.6 Å². The summed E-state index contributed by atoms with van der Waals surface area (Å²) in [5, 5.41) is 25.0. The van der Waals surface area contributed by atoms with Crippen LogP contribution in [0.15, 0.2) is 71.0 Å². The Hall–Kier alpha value is -3.29. The molecule has 8 heteroatoms. The van der Waals surface area contributed by atoms with Gasteiger partial charge >= 0.3 is 0 Å². The first-order chi connectivity index (χ1) is 13.5. The Morgan fingerprint density at radius 2 is 1.82 bits per heavy atom. The number of nitrogen functional groups attached to an aromatic ring is 1. The second kappa shape index (κ2) is 8.60. The van der Waals surface area contributed by atoms with E-state index in [1.807, 2.05) is 0 Å². The molecule has 1 aliphatic carbocycles. The fourth-order valence-corrected chi connectivity index (χ4v) is 2.70. The van der Waals surface area contributed by atoms with Gasteiger partial charge in [0.05, 0.1) is 28.7 Å². The van der Waals surface area contributed by atoms with Crippen molar-refractivity contribution in [2.75, 3.05) is 24.2 Å². The summed E-state index contributed by atoms with van der Waals surface area (Å²) in [5.41, 5.74) is 8.83. The largest absolute Gasteiger partial charge is 0.506 e. The van der Waals surface area contributed by atoms with Crippen LogP contribution in [-0.2, 0) is 4.79 Å². The predicted molar refractivity (Wildman–Crippen MR) is 111 cm³/mol. The number of allylic oxidation sites excluding steroid dienone is 2. The van der Waals surface area contributed by atoms with E-state index in [-0.39, 0.29) is 35.4 Å². The summed E-state index contributed by atoms with van der Waals surface area (Å²) in [6.45, 7) is 0.190. The van der Waals surface area contributed by atoms with Crippen molar-refractivity contribution in [1.29, 1.82) is 0 Å². The molecule has 7 nitrogen and oxygen atoms in total. The highest BCUT2D eigenvalue weighted by Gasteiger charge is 2.19. The zero-order chi connectivity index (χ0) is 20.1. The molecule has 0 bridgehead atoms. The molecular formula is C20H19ClN4O3. The van der Waals surface area contributed by atoms with E-state index in [0.29, 0.717) is 28.5 Å². The Morgan fingerprint density at radius 1 is 1.07 bits per heavy atom. The highest BCUT2D eigenvalue weighted by atomic mass is 35.5. The minimum Gasteiger partial charge on any atom is -0.506 e. The van der Waals surface area contributed by atoms with Crippen LogP contribution in [0.1, 0.15) is 0 Å². The number of aliphatic hydroxyl groups excluding tert-OH is 1. The van der Waals surface area contributed by atoms with Gasteiger partial charge in [0.15, 0.2) is 0 Å². The van der Waals surface area contributed by atoms with Gasteiger partial charge in [-0.25, -0.2) is 4.99 Å². The summed E-state index contributed by atoms with van der Waals surface area (Å²) in [6.07, 6.45) is 3.02. The SMILES string of the molecule is Nc1ccc(N=C2C=C(Nc3ccc(O)c(Cl)c3)C(NCCO)=CC2=O)cc1. The van der Waals surface area contributed by atoms with Crippen molar-refractivity contribution in [2.24, 2.45) is 4.99 Å². The molecule has 0 spiro atoms. The average molecular weight is 399 g/mol. The molecule has 0 amide bonds. The molecule has 1 aliphatic rings. The van der Waals surface area contributed by atoms with Crippen molar-refractivity contribution in [3.8, 4) is 5.75 Å². The smallest absolute Gasteiger partial charge is 0.206 e. The van der Waals surface area contributed by atoms with Crippen LogP contribution in [0.25, 0.3) is 0 Å². The normalized spacial score (nSPS) is 15.2. The lowest BCUT2D eigenvalue weighted by Crippen LogP contribution is -2.28. The van der Waals surface area contributed by atoms with Gasteiger partial charge in [-0.2, -0.15) is 0 Å². The van der Waals surface area contributed by atoms with E-state index in [1.54, 1.807) is 42.5 Å². The molecule has 0 radical (unpaired) electrons. The standard InChI is InChI=1S/C20H19ClN4O3/c21-15-9-14(5-6-19(15)27)25-17-10-18(20(28)11-16(17)23-7-8-26)24-13-3-1-12(22)2-4-13/h1-6,9-11,23,25-27H,7-8,22H2. The molecule has 0 fully saturated rings. The summed E-state index contributed by atoms with van der Waals surface area (Å²) in [5.74, 6) is -0.300. The van der Waals surface area contributed by atoms with E-state index in [9.17, 15) is 9.90 Å². The third-order valence-electron chi connectivity index (χ3n) is 3.90. The number of nitrogens with zero attached hydrogens (tertiary/aromatic N) is 1. The number of hydrogen-bond acceptors (Lipinski definition) is 7. The quantitative estimate of drug-likeness (QED) is 0.290. The van der Waals surface area contributed by atoms with Crippen LogP contribution in [0.2, 0.25) is 5.02 Å². The summed E-state index contributed by atoms with van der Waals surface area (Å²) < 4.78 is 0. The van der Waals surface area contributed by atoms with Crippen LogP contribution in [0.5, 0.6) is 5.75 Å². The highest BCUT2D eigenvalue weighted by molar-refractivity contribution is 6.49. The second-order valence-electron chi connectivity index (χ2n) is 6.01. The summed E-state index contributed by atoms with van der Waals surface area (Å²) in [4.78, 5) is 16.9. The third-order valence-corrected chi connectivity index (χ3v) is 4.20. The van der Waals surface area contributed by atoms with Gasteiger partial charge in [0.1, 0.15) is 11.5 Å². The third kappa shape index (κ3) is 4.70. The Kier molecular flexibility index (Phi) is 5.98. The molecule has 0 saturated heterocycles. The number of phenols is 1. The number of phenolic OH excluding ortho intramolecular Hbond substituents is 1. The molecule has 3 rings (SSSR count). The first kappa shape index (κ1) is 19.5. The van der Waals surface area contributed by atoms with Gasteiger partial charge in [0.25, 0.3) is 0 Å². The Balaban J connectivity index is 1.94. The number of carbonyl (C=O) groups is 1. The fourth-order valence-electron chi connectivity index (χ4n) is 2.52. The lowest BCUT2D eigenvalue weighted by Gasteiger charge is -2.20. The number of ketones is 1. The molecular weight excluding hydrogens is 380 g/mol. The van der Waals surface area contributed by atoms with E-state index in [4.69, 9.17) is 22.4 Å². The zero-order valence-corrected chi connectivity index (χ0v) is 15.6. The maximum Gasteiger partial charge on any atom is 0.206 e. The minimum absolute atomic E-state index is 0.0280. The zero-order valence-electron chi connectivity index (χ0n) is 14.8. The van der Waals surface area contributed by atoms with Crippen molar-refractivity contribution in [3.63, 3.8) is 0 Å². The molecule has 2 aromatic carbocycles. The molecule has 28 heavy (non-hydrogen) atoms. The number of nitrogens with two attached hydrogens (primary N) is 1. The van der Waals surface area contributed by atoms with Crippen molar-refractivity contribution in [2.45, 2.75) is 0 Å². The van der Waals surface area contributed by atoms with E-state index in [0.717, 1.165) is 0 Å². The van der Waals surface area contributed by atoms with E-state index < -0.39 is 0 Å². The van der Waals surface area contributed by atoms with Gasteiger partial charge in [0.2, 0.25) is 5.78 Å². The number of benzene rings is 2. The number of halogens is 1. The number of anilines is 2. The van der Waals surface area contributed by atoms with E-state index in [2.05, 4.69) is 15.6 Å². The van der Waals surface area contributed by atoms with E-state index >= 15 is 0 Å². The van der Waals surface area contributed by atoms with Crippen molar-refractivity contribution < 1.29 is 15.0 Å². The van der Waals surface area contributed by atoms with Crippen LogP contribution in [0.4, 0.5) is 17.1 Å². The van der Waals surface area contributed by atoms with Gasteiger partial charge in [-0.15, -0.1) is 0 Å². The van der Waals surface area contributed by atoms with Crippen molar-refractivity contribution in [3.05, 3.63) is 71.0 Å². The molecule has 0 saturated carbocycles.